The second-order valence-electron chi connectivity index (χ2n) is 9.41. The van der Waals surface area contributed by atoms with E-state index in [4.69, 9.17) is 0 Å². The monoisotopic (exact) mass is 426 g/mol. The van der Waals surface area contributed by atoms with E-state index in [0.29, 0.717) is 0 Å². The molecule has 0 unspecified atom stereocenters. The van der Waals surface area contributed by atoms with Crippen LogP contribution in [0.15, 0.2) is 107 Å². The van der Waals surface area contributed by atoms with Crippen LogP contribution in [-0.2, 0) is 5.41 Å². The Morgan fingerprint density at radius 3 is 2.19 bits per heavy atom. The van der Waals surface area contributed by atoms with E-state index in [0.717, 1.165) is 0 Å². The third-order valence-electron chi connectivity index (χ3n) is 7.25. The molecule has 0 N–H and O–H groups in total. The first-order chi connectivity index (χ1) is 15.6. The molecule has 2 aliphatic rings. The molecule has 0 bridgehead atoms. The lowest BCUT2D eigenvalue weighted by Crippen LogP contribution is -2.14. The Morgan fingerprint density at radius 2 is 1.28 bits per heavy atom. The predicted octanol–water partition coefficient (Wildman–Crippen LogP) is 8.94. The average Bonchev–Trinajstić information content (AvgIpc) is 3.06. The Labute approximate surface area is 192 Å². The van der Waals surface area contributed by atoms with Gasteiger partial charge in [-0.3, -0.25) is 0 Å². The first-order valence-corrected chi connectivity index (χ1v) is 12.0. The third-order valence-corrected chi connectivity index (χ3v) is 8.37. The van der Waals surface area contributed by atoms with Gasteiger partial charge in [0.2, 0.25) is 0 Å². The highest BCUT2D eigenvalue weighted by atomic mass is 32.2. The number of fused-ring (bicyclic) bond motifs is 5. The standard InChI is InChI=1S/C31H22S/c1-31(2)26-12-5-3-9-22(26)25-17-19(14-15-27(25)31)21-16-20-8-7-11-24-23-10-4-6-13-28(23)32-29(18-21)30(20)24/h3-18H,1-2H3. The molecule has 0 atom stereocenters. The fourth-order valence-corrected chi connectivity index (χ4v) is 6.84. The Bertz CT molecular complexity index is 1570. The normalized spacial score (nSPS) is 14.7. The van der Waals surface area contributed by atoms with Crippen LogP contribution in [0.1, 0.15) is 25.0 Å². The molecule has 1 aliphatic carbocycles. The molecule has 0 aromatic heterocycles. The van der Waals surface area contributed by atoms with Crippen LogP contribution >= 0.6 is 11.8 Å². The largest absolute Gasteiger partial charge is 0.0888 e. The first kappa shape index (κ1) is 18.3. The van der Waals surface area contributed by atoms with Gasteiger partial charge in [0.25, 0.3) is 0 Å². The van der Waals surface area contributed by atoms with E-state index in [9.17, 15) is 0 Å². The molecule has 0 nitrogen and oxygen atoms in total. The fraction of sp³-hybridized carbons (Fsp3) is 0.0968. The van der Waals surface area contributed by atoms with Gasteiger partial charge in [-0.15, -0.1) is 0 Å². The molecule has 5 aromatic rings. The minimum absolute atomic E-state index is 0.0499. The van der Waals surface area contributed by atoms with Gasteiger partial charge < -0.3 is 0 Å². The quantitative estimate of drug-likeness (QED) is 0.253. The van der Waals surface area contributed by atoms with Crippen molar-refractivity contribution in [3.05, 3.63) is 108 Å². The molecular weight excluding hydrogens is 404 g/mol. The maximum Gasteiger partial charge on any atom is 0.0213 e. The van der Waals surface area contributed by atoms with E-state index >= 15 is 0 Å². The lowest BCUT2D eigenvalue weighted by Gasteiger charge is -2.22. The maximum atomic E-state index is 2.40. The van der Waals surface area contributed by atoms with Crippen molar-refractivity contribution in [2.75, 3.05) is 0 Å². The lowest BCUT2D eigenvalue weighted by atomic mass is 9.82. The summed E-state index contributed by atoms with van der Waals surface area (Å²) in [6, 6.07) is 36.2. The highest BCUT2D eigenvalue weighted by molar-refractivity contribution is 7.99. The molecule has 0 radical (unpaired) electrons. The zero-order valence-corrected chi connectivity index (χ0v) is 19.0. The highest BCUT2D eigenvalue weighted by Gasteiger charge is 2.35. The molecule has 5 aromatic carbocycles. The summed E-state index contributed by atoms with van der Waals surface area (Å²) in [6.45, 7) is 4.68. The first-order valence-electron chi connectivity index (χ1n) is 11.2. The lowest BCUT2D eigenvalue weighted by molar-refractivity contribution is 0.660. The van der Waals surface area contributed by atoms with Crippen molar-refractivity contribution in [3.8, 4) is 33.4 Å². The van der Waals surface area contributed by atoms with E-state index in [1.165, 1.54) is 65.1 Å². The third kappa shape index (κ3) is 2.40. The Morgan fingerprint density at radius 1 is 0.531 bits per heavy atom. The summed E-state index contributed by atoms with van der Waals surface area (Å²) < 4.78 is 0. The van der Waals surface area contributed by atoms with E-state index < -0.39 is 0 Å². The predicted molar refractivity (Wildman–Crippen MR) is 137 cm³/mol. The minimum atomic E-state index is 0.0499. The van der Waals surface area contributed by atoms with Crippen LogP contribution in [0.4, 0.5) is 0 Å². The van der Waals surface area contributed by atoms with Crippen LogP contribution < -0.4 is 0 Å². The molecule has 7 rings (SSSR count). The summed E-state index contributed by atoms with van der Waals surface area (Å²) in [6.07, 6.45) is 0. The fourth-order valence-electron chi connectivity index (χ4n) is 5.66. The average molecular weight is 427 g/mol. The van der Waals surface area contributed by atoms with Crippen molar-refractivity contribution >= 4 is 22.5 Å². The number of benzene rings is 5. The maximum absolute atomic E-state index is 2.40. The van der Waals surface area contributed by atoms with Crippen molar-refractivity contribution in [2.45, 2.75) is 29.1 Å². The van der Waals surface area contributed by atoms with Crippen LogP contribution in [0, 0.1) is 0 Å². The molecule has 0 amide bonds. The molecule has 1 aliphatic heterocycles. The second kappa shape index (κ2) is 6.37. The molecule has 0 saturated heterocycles. The Kier molecular flexibility index (Phi) is 3.64. The summed E-state index contributed by atoms with van der Waals surface area (Å²) in [5.74, 6) is 0. The Balaban J connectivity index is 1.45. The van der Waals surface area contributed by atoms with Crippen molar-refractivity contribution in [1.82, 2.24) is 0 Å². The van der Waals surface area contributed by atoms with Crippen LogP contribution in [0.25, 0.3) is 44.2 Å². The summed E-state index contributed by atoms with van der Waals surface area (Å²) in [5, 5.41) is 2.70. The molecule has 1 heterocycles. The summed E-state index contributed by atoms with van der Waals surface area (Å²) >= 11 is 1.90. The molecular formula is C31H22S. The van der Waals surface area contributed by atoms with Gasteiger partial charge in [-0.2, -0.15) is 0 Å². The zero-order chi connectivity index (χ0) is 21.4. The molecule has 152 valence electrons. The van der Waals surface area contributed by atoms with Crippen molar-refractivity contribution in [3.63, 3.8) is 0 Å². The van der Waals surface area contributed by atoms with Crippen LogP contribution in [0.5, 0.6) is 0 Å². The van der Waals surface area contributed by atoms with Crippen molar-refractivity contribution in [2.24, 2.45) is 0 Å². The van der Waals surface area contributed by atoms with Gasteiger partial charge >= 0.3 is 0 Å². The van der Waals surface area contributed by atoms with E-state index in [1.54, 1.807) is 0 Å². The van der Waals surface area contributed by atoms with Gasteiger partial charge in [-0.25, -0.2) is 0 Å². The van der Waals surface area contributed by atoms with E-state index in [2.05, 4.69) is 111 Å². The SMILES string of the molecule is CC1(C)c2ccccc2-c2cc(-c3cc4c5c(cccc5c3)-c3ccccc3S4)ccc21. The van der Waals surface area contributed by atoms with Crippen LogP contribution in [-0.4, -0.2) is 0 Å². The highest BCUT2D eigenvalue weighted by Crippen LogP contribution is 2.51. The number of rotatable bonds is 1. The zero-order valence-electron chi connectivity index (χ0n) is 18.1. The molecule has 1 heteroatoms. The van der Waals surface area contributed by atoms with Gasteiger partial charge in [0.15, 0.2) is 0 Å². The van der Waals surface area contributed by atoms with Gasteiger partial charge in [0.05, 0.1) is 0 Å². The number of hydrogen-bond donors (Lipinski definition) is 0. The van der Waals surface area contributed by atoms with E-state index in [1.807, 2.05) is 11.8 Å². The van der Waals surface area contributed by atoms with E-state index in [-0.39, 0.29) is 5.41 Å². The summed E-state index contributed by atoms with van der Waals surface area (Å²) in [7, 11) is 0. The summed E-state index contributed by atoms with van der Waals surface area (Å²) in [4.78, 5) is 2.70. The topological polar surface area (TPSA) is 0 Å². The van der Waals surface area contributed by atoms with Crippen molar-refractivity contribution < 1.29 is 0 Å². The smallest absolute Gasteiger partial charge is 0.0213 e. The number of hydrogen-bond acceptors (Lipinski definition) is 1. The second-order valence-corrected chi connectivity index (χ2v) is 10.5. The van der Waals surface area contributed by atoms with Gasteiger partial charge in [-0.1, -0.05) is 98.4 Å². The molecule has 32 heavy (non-hydrogen) atoms. The molecule has 0 spiro atoms. The van der Waals surface area contributed by atoms with Crippen LogP contribution in [0.3, 0.4) is 0 Å². The summed E-state index contributed by atoms with van der Waals surface area (Å²) in [5.41, 5.74) is 10.9. The molecule has 0 fully saturated rings. The van der Waals surface area contributed by atoms with Gasteiger partial charge in [0.1, 0.15) is 0 Å². The van der Waals surface area contributed by atoms with Crippen molar-refractivity contribution in [1.29, 1.82) is 0 Å². The van der Waals surface area contributed by atoms with Crippen LogP contribution in [0.2, 0.25) is 0 Å². The minimum Gasteiger partial charge on any atom is -0.0888 e. The molecule has 0 saturated carbocycles. The Hall–Kier alpha value is -3.29. The van der Waals surface area contributed by atoms with Gasteiger partial charge in [-0.05, 0) is 74.2 Å². The van der Waals surface area contributed by atoms with Gasteiger partial charge in [0, 0.05) is 20.6 Å².